The van der Waals surface area contributed by atoms with Gasteiger partial charge in [0, 0.05) is 39.5 Å². The number of benzene rings is 9. The third kappa shape index (κ3) is 5.68. The van der Waals surface area contributed by atoms with Crippen molar-refractivity contribution >= 4 is 34.1 Å². The lowest BCUT2D eigenvalue weighted by atomic mass is 9.51. The van der Waals surface area contributed by atoms with E-state index in [4.69, 9.17) is 0 Å². The van der Waals surface area contributed by atoms with Gasteiger partial charge in [-0.2, -0.15) is 0 Å². The Morgan fingerprint density at radius 1 is 0.314 bits per heavy atom. The third-order valence-electron chi connectivity index (χ3n) is 18.2. The van der Waals surface area contributed by atoms with Crippen LogP contribution in [0.2, 0.25) is 0 Å². The molecular weight excluding hydrogens is 845 g/mol. The molecule has 4 fully saturated rings. The maximum Gasteiger partial charge on any atom is 0.0727 e. The topological polar surface area (TPSA) is 6.48 Å². The van der Waals surface area contributed by atoms with Crippen LogP contribution in [0.4, 0.5) is 34.1 Å². The van der Waals surface area contributed by atoms with Gasteiger partial charge in [-0.3, -0.25) is 0 Å². The highest BCUT2D eigenvalue weighted by Crippen LogP contribution is 2.65. The Balaban J connectivity index is 0.904. The fourth-order valence-corrected chi connectivity index (χ4v) is 15.6. The van der Waals surface area contributed by atoms with Crippen LogP contribution in [0.25, 0.3) is 33.4 Å². The smallest absolute Gasteiger partial charge is 0.0727 e. The first-order valence-electron chi connectivity index (χ1n) is 26.0. The van der Waals surface area contributed by atoms with E-state index in [9.17, 15) is 0 Å². The van der Waals surface area contributed by atoms with Crippen molar-refractivity contribution < 1.29 is 0 Å². The van der Waals surface area contributed by atoms with Crippen molar-refractivity contribution in [2.45, 2.75) is 62.7 Å². The largest absolute Gasteiger partial charge is 0.310 e. The molecule has 7 aliphatic carbocycles. The molecule has 2 nitrogen and oxygen atoms in total. The molecule has 0 amide bonds. The average molecular weight is 901 g/mol. The standard InChI is InChI=1S/C68H56N2/c1-67(2)60-22-12-9-19-54(60)57-32-29-51(40-63(57)67)70(49-17-7-4-8-18-49)53-31-34-59-56-21-11-14-24-62(56)68(65(59)42-53)61-23-13-10-20-55(61)58-33-30-52(41-64(58)68)69(48-15-5-3-6-16-48)50-27-25-45(26-28-50)66-46-36-43-35-44(38-46)39-47(66)37-43/h3-34,40-44,46-47,66H,35-39H2,1-2H3. The Morgan fingerprint density at radius 2 is 0.671 bits per heavy atom. The van der Waals surface area contributed by atoms with Crippen LogP contribution in [0.1, 0.15) is 90.8 Å². The summed E-state index contributed by atoms with van der Waals surface area (Å²) in [6.07, 6.45) is 7.25. The highest BCUT2D eigenvalue weighted by Gasteiger charge is 2.53. The van der Waals surface area contributed by atoms with Crippen LogP contribution in [-0.2, 0) is 10.8 Å². The number of nitrogens with zero attached hydrogens (tertiary/aromatic N) is 2. The van der Waals surface area contributed by atoms with Crippen LogP contribution in [0, 0.1) is 23.7 Å². The number of hydrogen-bond donors (Lipinski definition) is 0. The molecule has 0 aliphatic heterocycles. The molecule has 9 aromatic rings. The molecule has 1 spiro atoms. The highest BCUT2D eigenvalue weighted by molar-refractivity contribution is 5.98. The van der Waals surface area contributed by atoms with E-state index >= 15 is 0 Å². The van der Waals surface area contributed by atoms with E-state index < -0.39 is 5.41 Å². The minimum absolute atomic E-state index is 0.118. The van der Waals surface area contributed by atoms with Gasteiger partial charge in [-0.05, 0) is 207 Å². The van der Waals surface area contributed by atoms with Gasteiger partial charge in [-0.1, -0.05) is 153 Å². The lowest BCUT2D eigenvalue weighted by Crippen LogP contribution is -2.43. The molecule has 1 atom stereocenters. The summed E-state index contributed by atoms with van der Waals surface area (Å²) in [4.78, 5) is 4.99. The number of rotatable bonds is 7. The second-order valence-electron chi connectivity index (χ2n) is 22.1. The zero-order valence-corrected chi connectivity index (χ0v) is 40.0. The normalized spacial score (nSPS) is 23.0. The monoisotopic (exact) mass is 900 g/mol. The third-order valence-corrected chi connectivity index (χ3v) is 18.2. The molecule has 0 N–H and O–H groups in total. The van der Waals surface area contributed by atoms with Gasteiger partial charge in [-0.15, -0.1) is 0 Å². The second kappa shape index (κ2) is 15.0. The molecule has 70 heavy (non-hydrogen) atoms. The summed E-state index contributed by atoms with van der Waals surface area (Å²) in [6.45, 7) is 4.76. The van der Waals surface area contributed by atoms with E-state index in [1.54, 1.807) is 5.56 Å². The fraction of sp³-hybridized carbons (Fsp3) is 0.206. The molecule has 16 rings (SSSR count). The number of para-hydroxylation sites is 2. The molecule has 4 saturated carbocycles. The lowest BCUT2D eigenvalue weighted by Gasteiger charge is -2.54. The van der Waals surface area contributed by atoms with Crippen molar-refractivity contribution in [3.8, 4) is 33.4 Å². The molecule has 338 valence electrons. The van der Waals surface area contributed by atoms with E-state index in [1.165, 1.54) is 116 Å². The van der Waals surface area contributed by atoms with Crippen LogP contribution >= 0.6 is 0 Å². The van der Waals surface area contributed by atoms with E-state index in [0.29, 0.717) is 5.92 Å². The molecule has 0 saturated heterocycles. The number of fused-ring (bicyclic) bond motifs is 13. The van der Waals surface area contributed by atoms with E-state index in [1.807, 2.05) is 0 Å². The Bertz CT molecular complexity index is 3510. The quantitative estimate of drug-likeness (QED) is 0.157. The maximum atomic E-state index is 2.54. The van der Waals surface area contributed by atoms with Crippen molar-refractivity contribution in [2.24, 2.45) is 23.7 Å². The molecule has 2 heteroatoms. The van der Waals surface area contributed by atoms with Crippen LogP contribution in [0.15, 0.2) is 212 Å². The summed E-state index contributed by atoms with van der Waals surface area (Å²) in [5, 5.41) is 0. The minimum Gasteiger partial charge on any atom is -0.310 e. The predicted molar refractivity (Wildman–Crippen MR) is 289 cm³/mol. The molecule has 4 bridgehead atoms. The lowest BCUT2D eigenvalue weighted by molar-refractivity contribution is -0.00277. The van der Waals surface area contributed by atoms with Gasteiger partial charge in [0.05, 0.1) is 5.41 Å². The molecular formula is C68H56N2. The average Bonchev–Trinajstić information content (AvgIpc) is 3.96. The van der Waals surface area contributed by atoms with Gasteiger partial charge < -0.3 is 9.80 Å². The van der Waals surface area contributed by atoms with Crippen molar-refractivity contribution in [1.29, 1.82) is 0 Å². The molecule has 0 aromatic heterocycles. The summed E-state index contributed by atoms with van der Waals surface area (Å²) < 4.78 is 0. The van der Waals surface area contributed by atoms with Gasteiger partial charge in [-0.25, -0.2) is 0 Å². The zero-order chi connectivity index (χ0) is 46.3. The summed E-state index contributed by atoms with van der Waals surface area (Å²) in [5.74, 6) is 4.38. The molecule has 9 aromatic carbocycles. The summed E-state index contributed by atoms with van der Waals surface area (Å²) >= 11 is 0. The number of hydrogen-bond acceptors (Lipinski definition) is 2. The van der Waals surface area contributed by atoms with Crippen molar-refractivity contribution in [3.05, 3.63) is 251 Å². The van der Waals surface area contributed by atoms with Gasteiger partial charge >= 0.3 is 0 Å². The summed E-state index contributed by atoms with van der Waals surface area (Å²) in [7, 11) is 0. The summed E-state index contributed by atoms with van der Waals surface area (Å²) in [6, 6.07) is 81.0. The van der Waals surface area contributed by atoms with Gasteiger partial charge in [0.2, 0.25) is 0 Å². The SMILES string of the molecule is CC1(C)c2ccccc2-c2ccc(N(c3ccccc3)c3ccc4c(c3)C3(c5ccccc5-c5ccc(N(c6ccccc6)c6ccc(C7C8CC9CC(C8)CC7C9)cc6)cc53)c3ccccc3-4)cc21. The first-order valence-corrected chi connectivity index (χ1v) is 26.0. The molecule has 0 heterocycles. The van der Waals surface area contributed by atoms with Gasteiger partial charge in [0.1, 0.15) is 0 Å². The minimum atomic E-state index is -0.542. The zero-order valence-electron chi connectivity index (χ0n) is 40.0. The van der Waals surface area contributed by atoms with Crippen molar-refractivity contribution in [1.82, 2.24) is 0 Å². The Hall–Kier alpha value is -7.42. The summed E-state index contributed by atoms with van der Waals surface area (Å²) in [5.41, 5.74) is 23.9. The van der Waals surface area contributed by atoms with Crippen molar-refractivity contribution in [3.63, 3.8) is 0 Å². The van der Waals surface area contributed by atoms with E-state index in [0.717, 1.165) is 40.7 Å². The van der Waals surface area contributed by atoms with Crippen molar-refractivity contribution in [2.75, 3.05) is 9.80 Å². The Kier molecular flexibility index (Phi) is 8.69. The van der Waals surface area contributed by atoms with Crippen LogP contribution in [-0.4, -0.2) is 0 Å². The fourth-order valence-electron chi connectivity index (χ4n) is 15.6. The first-order chi connectivity index (χ1) is 34.4. The van der Waals surface area contributed by atoms with Crippen LogP contribution in [0.5, 0.6) is 0 Å². The molecule has 7 aliphatic rings. The molecule has 1 unspecified atom stereocenters. The van der Waals surface area contributed by atoms with Crippen LogP contribution in [0.3, 0.4) is 0 Å². The van der Waals surface area contributed by atoms with Gasteiger partial charge in [0.15, 0.2) is 0 Å². The highest BCUT2D eigenvalue weighted by atomic mass is 15.1. The van der Waals surface area contributed by atoms with Gasteiger partial charge in [0.25, 0.3) is 0 Å². The second-order valence-corrected chi connectivity index (χ2v) is 22.1. The van der Waals surface area contributed by atoms with E-state index in [2.05, 4.69) is 236 Å². The maximum absolute atomic E-state index is 2.54. The molecule has 0 radical (unpaired) electrons. The predicted octanol–water partition coefficient (Wildman–Crippen LogP) is 17.8. The van der Waals surface area contributed by atoms with Crippen LogP contribution < -0.4 is 9.80 Å². The number of anilines is 6. The first kappa shape index (κ1) is 40.5. The van der Waals surface area contributed by atoms with E-state index in [-0.39, 0.29) is 5.41 Å². The Labute approximate surface area is 412 Å². The Morgan fingerprint density at radius 3 is 1.17 bits per heavy atom.